The summed E-state index contributed by atoms with van der Waals surface area (Å²) in [5.41, 5.74) is 2.77. The molecule has 0 heterocycles. The highest BCUT2D eigenvalue weighted by atomic mass is 127. The Hall–Kier alpha value is -2.61. The van der Waals surface area contributed by atoms with Crippen LogP contribution in [0.5, 0.6) is 0 Å². The van der Waals surface area contributed by atoms with E-state index in [-0.39, 0.29) is 11.6 Å². The highest BCUT2D eigenvalue weighted by Crippen LogP contribution is 2.25. The van der Waals surface area contributed by atoms with Crippen LogP contribution in [-0.4, -0.2) is 17.2 Å². The van der Waals surface area contributed by atoms with Gasteiger partial charge in [-0.05, 0) is 88.2 Å². The lowest BCUT2D eigenvalue weighted by Gasteiger charge is -2.03. The minimum Gasteiger partial charge on any atom is -0.423 e. The lowest BCUT2D eigenvalue weighted by Crippen LogP contribution is -2.29. The number of nitrogens with zero attached hydrogens (tertiary/aromatic N) is 2. The van der Waals surface area contributed by atoms with Gasteiger partial charge in [0.2, 0.25) is 0 Å². The fourth-order valence-corrected chi connectivity index (χ4v) is 3.65. The molecule has 0 saturated carbocycles. The summed E-state index contributed by atoms with van der Waals surface area (Å²) in [4.78, 5) is 0. The quantitative estimate of drug-likeness (QED) is 0.140. The van der Waals surface area contributed by atoms with Crippen molar-refractivity contribution in [2.45, 2.75) is 0 Å². The molecular formula is C26H16BBr2F2IN2O2. The van der Waals surface area contributed by atoms with Crippen LogP contribution in [0.25, 0.3) is 11.1 Å². The Morgan fingerprint density at radius 3 is 1.58 bits per heavy atom. The number of nitriles is 2. The zero-order valence-corrected chi connectivity index (χ0v) is 23.7. The first-order valence-corrected chi connectivity index (χ1v) is 12.7. The Kier molecular flexibility index (Phi) is 12.2. The van der Waals surface area contributed by atoms with E-state index in [0.29, 0.717) is 30.2 Å². The molecule has 36 heavy (non-hydrogen) atoms. The molecule has 0 aliphatic heterocycles. The number of hydrogen-bond acceptors (Lipinski definition) is 4. The van der Waals surface area contributed by atoms with Gasteiger partial charge in [-0.3, -0.25) is 0 Å². The SMILES string of the molecule is Fc1cc(Br)ccc1I.N#Cc1ccc(-c2ccc(Br)cc2F)cc1.N#Cc1ccc(B(O)O)cc1. The third-order valence-corrected chi connectivity index (χ3v) is 6.34. The minimum atomic E-state index is -1.46. The van der Waals surface area contributed by atoms with E-state index in [1.807, 2.05) is 40.8 Å². The summed E-state index contributed by atoms with van der Waals surface area (Å²) in [6.07, 6.45) is 0. The molecule has 0 aliphatic rings. The first-order valence-electron chi connectivity index (χ1n) is 10.1. The number of halogens is 5. The number of benzene rings is 4. The highest BCUT2D eigenvalue weighted by molar-refractivity contribution is 14.1. The zero-order chi connectivity index (χ0) is 26.7. The molecule has 0 radical (unpaired) electrons. The predicted molar refractivity (Wildman–Crippen MR) is 152 cm³/mol. The Labute approximate surface area is 238 Å². The Balaban J connectivity index is 0.000000200. The average Bonchev–Trinajstić information content (AvgIpc) is 2.87. The first-order chi connectivity index (χ1) is 17.1. The van der Waals surface area contributed by atoms with E-state index in [1.54, 1.807) is 42.5 Å². The molecule has 180 valence electrons. The van der Waals surface area contributed by atoms with Crippen molar-refractivity contribution in [2.75, 3.05) is 0 Å². The van der Waals surface area contributed by atoms with Gasteiger partial charge in [-0.15, -0.1) is 0 Å². The van der Waals surface area contributed by atoms with Crippen LogP contribution in [0.3, 0.4) is 0 Å². The number of hydrogen-bond donors (Lipinski definition) is 2. The van der Waals surface area contributed by atoms with E-state index >= 15 is 0 Å². The van der Waals surface area contributed by atoms with Crippen LogP contribution in [0.4, 0.5) is 8.78 Å². The van der Waals surface area contributed by atoms with E-state index in [4.69, 9.17) is 20.6 Å². The summed E-state index contributed by atoms with van der Waals surface area (Å²) in [6, 6.07) is 26.8. The standard InChI is InChI=1S/C13H7BrFN.C7H6BNO2.C6H3BrFI/c14-11-5-6-12(13(15)7-11)10-3-1-9(8-16)2-4-10;9-5-6-1-3-7(4-2-6)8(10)11;7-4-1-2-6(9)5(8)3-4/h1-7H;1-4,10-11H;1-3H. The summed E-state index contributed by atoms with van der Waals surface area (Å²) >= 11 is 8.31. The van der Waals surface area contributed by atoms with Gasteiger partial charge in [0.05, 0.1) is 23.3 Å². The maximum absolute atomic E-state index is 13.6. The second-order valence-electron chi connectivity index (χ2n) is 6.98. The first kappa shape index (κ1) is 29.6. The molecule has 0 amide bonds. The van der Waals surface area contributed by atoms with E-state index in [0.717, 1.165) is 10.0 Å². The average molecular weight is 724 g/mol. The van der Waals surface area contributed by atoms with Gasteiger partial charge in [0.15, 0.2) is 0 Å². The van der Waals surface area contributed by atoms with E-state index < -0.39 is 7.12 Å². The molecule has 0 fully saturated rings. The Morgan fingerprint density at radius 2 is 1.17 bits per heavy atom. The zero-order valence-electron chi connectivity index (χ0n) is 18.3. The van der Waals surface area contributed by atoms with Crippen molar-refractivity contribution < 1.29 is 18.8 Å². The molecular weight excluding hydrogens is 708 g/mol. The van der Waals surface area contributed by atoms with Crippen LogP contribution < -0.4 is 5.46 Å². The van der Waals surface area contributed by atoms with Crippen LogP contribution in [0.2, 0.25) is 0 Å². The third kappa shape index (κ3) is 9.45. The van der Waals surface area contributed by atoms with Crippen molar-refractivity contribution in [2.24, 2.45) is 0 Å². The Bertz CT molecular complexity index is 1390. The smallest absolute Gasteiger partial charge is 0.423 e. The van der Waals surface area contributed by atoms with Gasteiger partial charge in [-0.2, -0.15) is 10.5 Å². The van der Waals surface area contributed by atoms with Gasteiger partial charge >= 0.3 is 7.12 Å². The van der Waals surface area contributed by atoms with Gasteiger partial charge in [0, 0.05) is 18.1 Å². The fourth-order valence-electron chi connectivity index (χ4n) is 2.65. The second kappa shape index (κ2) is 14.8. The monoisotopic (exact) mass is 722 g/mol. The lowest BCUT2D eigenvalue weighted by atomic mass is 9.80. The largest absolute Gasteiger partial charge is 0.488 e. The molecule has 0 unspecified atom stereocenters. The molecule has 0 saturated heterocycles. The van der Waals surface area contributed by atoms with Gasteiger partial charge in [0.1, 0.15) is 11.6 Å². The van der Waals surface area contributed by atoms with E-state index in [2.05, 4.69) is 31.9 Å². The molecule has 4 rings (SSSR count). The van der Waals surface area contributed by atoms with E-state index in [9.17, 15) is 8.78 Å². The summed E-state index contributed by atoms with van der Waals surface area (Å²) in [5.74, 6) is -0.455. The molecule has 0 aliphatic carbocycles. The predicted octanol–water partition coefficient (Wildman–Crippen LogP) is 6.56. The molecule has 0 bridgehead atoms. The molecule has 4 aromatic carbocycles. The van der Waals surface area contributed by atoms with Gasteiger partial charge in [-0.1, -0.05) is 62.2 Å². The molecule has 2 N–H and O–H groups in total. The van der Waals surface area contributed by atoms with Crippen molar-refractivity contribution in [3.63, 3.8) is 0 Å². The third-order valence-electron chi connectivity index (χ3n) is 4.48. The normalized spacial score (nSPS) is 9.47. The van der Waals surface area contributed by atoms with Crippen molar-refractivity contribution in [3.05, 3.63) is 120 Å². The topological polar surface area (TPSA) is 88.0 Å². The molecule has 0 atom stereocenters. The van der Waals surface area contributed by atoms with E-state index in [1.165, 1.54) is 36.4 Å². The lowest BCUT2D eigenvalue weighted by molar-refractivity contribution is 0.426. The summed E-state index contributed by atoms with van der Waals surface area (Å²) < 4.78 is 28.3. The van der Waals surface area contributed by atoms with Crippen LogP contribution in [0.1, 0.15) is 11.1 Å². The molecule has 0 spiro atoms. The van der Waals surface area contributed by atoms with Crippen LogP contribution in [-0.2, 0) is 0 Å². The maximum Gasteiger partial charge on any atom is 0.488 e. The van der Waals surface area contributed by atoms with Crippen molar-refractivity contribution >= 4 is 67.0 Å². The van der Waals surface area contributed by atoms with Crippen molar-refractivity contribution in [1.82, 2.24) is 0 Å². The minimum absolute atomic E-state index is 0.176. The molecule has 4 aromatic rings. The van der Waals surface area contributed by atoms with Crippen LogP contribution >= 0.6 is 54.5 Å². The van der Waals surface area contributed by atoms with Crippen LogP contribution in [0, 0.1) is 37.9 Å². The van der Waals surface area contributed by atoms with Crippen molar-refractivity contribution in [3.8, 4) is 23.3 Å². The molecule has 10 heteroatoms. The van der Waals surface area contributed by atoms with Gasteiger partial charge in [0.25, 0.3) is 0 Å². The number of rotatable bonds is 2. The van der Waals surface area contributed by atoms with Gasteiger partial charge < -0.3 is 10.0 Å². The maximum atomic E-state index is 13.6. The second-order valence-corrected chi connectivity index (χ2v) is 9.97. The summed E-state index contributed by atoms with van der Waals surface area (Å²) in [6.45, 7) is 0. The fraction of sp³-hybridized carbons (Fsp3) is 0. The van der Waals surface area contributed by atoms with Crippen molar-refractivity contribution in [1.29, 1.82) is 10.5 Å². The Morgan fingerprint density at radius 1 is 0.694 bits per heavy atom. The molecule has 0 aromatic heterocycles. The summed E-state index contributed by atoms with van der Waals surface area (Å²) in [5, 5.41) is 34.4. The van der Waals surface area contributed by atoms with Gasteiger partial charge in [-0.25, -0.2) is 8.78 Å². The van der Waals surface area contributed by atoms with Crippen LogP contribution in [0.15, 0.2) is 93.9 Å². The summed E-state index contributed by atoms with van der Waals surface area (Å²) in [7, 11) is -1.46. The molecule has 4 nitrogen and oxygen atoms in total. The highest BCUT2D eigenvalue weighted by Gasteiger charge is 2.09.